The fourth-order valence-corrected chi connectivity index (χ4v) is 8.83. The maximum Gasteiger partial charge on any atom is 0.328 e. The van der Waals surface area contributed by atoms with Crippen LogP contribution < -0.4 is 65.1 Å². The van der Waals surface area contributed by atoms with Crippen LogP contribution in [-0.4, -0.2) is 271 Å². The molecule has 2 heterocycles. The zero-order chi connectivity index (χ0) is 63.7. The lowest BCUT2D eigenvalue weighted by Crippen LogP contribution is -2.66. The van der Waals surface area contributed by atoms with Crippen molar-refractivity contribution in [3.05, 3.63) is 0 Å². The number of likely N-dealkylation sites (tertiary alicyclic amines) is 1. The number of unbranched alkanes of at least 4 members (excludes halogenated alkanes) is 2. The summed E-state index contributed by atoms with van der Waals surface area (Å²) in [5.74, 6) is -12.3. The van der Waals surface area contributed by atoms with Crippen LogP contribution in [0.15, 0.2) is 0 Å². The third-order valence-corrected chi connectivity index (χ3v) is 13.6. The first-order valence-electron chi connectivity index (χ1n) is 27.4. The van der Waals surface area contributed by atoms with Crippen LogP contribution in [0.3, 0.4) is 0 Å². The van der Waals surface area contributed by atoms with Gasteiger partial charge in [-0.05, 0) is 92.2 Å². The van der Waals surface area contributed by atoms with Crippen molar-refractivity contribution < 1.29 is 108 Å². The van der Waals surface area contributed by atoms with E-state index in [0.29, 0.717) is 19.3 Å². The number of aliphatic carboxylic acids is 1. The minimum absolute atomic E-state index is 0.0570. The van der Waals surface area contributed by atoms with Crippen molar-refractivity contribution in [3.63, 3.8) is 0 Å². The molecule has 2 fully saturated rings. The van der Waals surface area contributed by atoms with Crippen LogP contribution >= 0.6 is 0 Å². The second kappa shape index (κ2) is 36.5. The number of carboxylic acid groups (broad SMARTS) is 1. The van der Waals surface area contributed by atoms with E-state index in [1.165, 1.54) is 18.7 Å². The van der Waals surface area contributed by atoms with Crippen LogP contribution in [0.25, 0.3) is 0 Å². The Bertz CT molecular complexity index is 2220. The molecule has 35 nitrogen and oxygen atoms in total. The van der Waals surface area contributed by atoms with Gasteiger partial charge in [0.1, 0.15) is 72.7 Å². The summed E-state index contributed by atoms with van der Waals surface area (Å²) in [7, 11) is 0. The van der Waals surface area contributed by atoms with Gasteiger partial charge in [-0.3, -0.25) is 47.9 Å². The number of aliphatic hydroxyl groups is 8. The SMILES string of the molecule is CC(=O)N[C@H]1[C@@H](O[C@H](C)[C@H](NC(=O)[C@@H]2CCCN2C(=O)[C@H](C)N)C(=O)N[C@@H](CO)C(=O)N[C@@H](CO)C(=O)N[C@@H](CO)C(=O)N[C@H](C(=O)N[C@@H](CCCCN)C(=O)N[C@@H](CCCCN)C(=O)N[C@H](C(=O)O)[C@@H](C)O)[C@@H](C)O)O[C@H](CO)[C@H](O)[C@@H]1O. The second-order valence-electron chi connectivity index (χ2n) is 20.5. The average Bonchev–Trinajstić information content (AvgIpc) is 3.40. The van der Waals surface area contributed by atoms with E-state index in [4.69, 9.17) is 26.7 Å². The van der Waals surface area contributed by atoms with Crippen LogP contribution in [0.5, 0.6) is 0 Å². The number of carbonyl (C=O) groups excluding carboxylic acids is 10. The van der Waals surface area contributed by atoms with Crippen LogP contribution in [0.4, 0.5) is 0 Å². The van der Waals surface area contributed by atoms with Gasteiger partial charge in [0.05, 0.1) is 50.8 Å². The van der Waals surface area contributed by atoms with Crippen molar-refractivity contribution >= 4 is 65.0 Å². The number of carbonyl (C=O) groups is 11. The number of hydrogen-bond acceptors (Lipinski definition) is 24. The molecule has 2 aliphatic heterocycles. The van der Waals surface area contributed by atoms with Gasteiger partial charge in [-0.15, -0.1) is 0 Å². The molecule has 0 radical (unpaired) electrons. The first-order valence-corrected chi connectivity index (χ1v) is 27.4. The Hall–Kier alpha value is -6.35. The van der Waals surface area contributed by atoms with Gasteiger partial charge >= 0.3 is 5.97 Å². The van der Waals surface area contributed by atoms with Gasteiger partial charge in [0.2, 0.25) is 59.1 Å². The summed E-state index contributed by atoms with van der Waals surface area (Å²) in [5.41, 5.74) is 17.0. The Morgan fingerprint density at radius 3 is 1.46 bits per heavy atom. The van der Waals surface area contributed by atoms with Crippen LogP contribution in [0, 0.1) is 0 Å². The Labute approximate surface area is 483 Å². The monoisotopic (exact) mass is 1210 g/mol. The minimum atomic E-state index is -2.03. The van der Waals surface area contributed by atoms with E-state index in [0.717, 1.165) is 20.8 Å². The molecule has 0 unspecified atom stereocenters. The zero-order valence-corrected chi connectivity index (χ0v) is 47.5. The first kappa shape index (κ1) is 73.8. The molecule has 0 spiro atoms. The largest absolute Gasteiger partial charge is 0.480 e. The molecular weight excluding hydrogens is 1120 g/mol. The number of aliphatic hydroxyl groups excluding tert-OH is 8. The molecule has 10 amide bonds. The number of nitrogens with two attached hydrogens (primary N) is 3. The molecular formula is C49H87N13O22. The molecule has 18 atom stereocenters. The van der Waals surface area contributed by atoms with Crippen LogP contribution in [-0.2, 0) is 62.2 Å². The van der Waals surface area contributed by atoms with Gasteiger partial charge in [-0.1, -0.05) is 0 Å². The Morgan fingerprint density at radius 1 is 0.595 bits per heavy atom. The molecule has 0 aliphatic carbocycles. The van der Waals surface area contributed by atoms with E-state index in [9.17, 15) is 98.7 Å². The quantitative estimate of drug-likeness (QED) is 0.0259. The number of rotatable bonds is 36. The Kier molecular flexibility index (Phi) is 32.0. The third kappa shape index (κ3) is 22.2. The molecule has 2 saturated heterocycles. The number of carboxylic acids is 1. The molecule has 0 saturated carbocycles. The van der Waals surface area contributed by atoms with E-state index in [-0.39, 0.29) is 51.7 Å². The normalized spacial score (nSPS) is 22.9. The highest BCUT2D eigenvalue weighted by Gasteiger charge is 2.48. The van der Waals surface area contributed by atoms with Gasteiger partial charge in [0.25, 0.3) is 0 Å². The Morgan fingerprint density at radius 2 is 1.02 bits per heavy atom. The highest BCUT2D eigenvalue weighted by Crippen LogP contribution is 2.25. The summed E-state index contributed by atoms with van der Waals surface area (Å²) in [4.78, 5) is 148. The molecule has 0 aromatic carbocycles. The van der Waals surface area contributed by atoms with Gasteiger partial charge in [0.15, 0.2) is 12.3 Å². The molecule has 2 aliphatic rings. The van der Waals surface area contributed by atoms with Gasteiger partial charge in [-0.25, -0.2) is 4.79 Å². The standard InChI is InChI=1S/C49H87N13O22/c1-21(52)47(80)62-16-10-13-31(62)44(77)61-35(24(4)83-49-36(53-25(5)69)38(71)37(70)32(20-66)84-49)46(79)58-29(18-64)42(75)56-28(17-63)41(74)57-30(19-65)43(76)59-33(22(2)67)45(78)55-26(11-6-8-14-50)39(72)54-27(12-7-9-15-51)40(73)60-34(23(3)68)48(81)82/h21-24,26-38,49,63-68,70-71H,6-20,50-52H2,1-5H3,(H,53,69)(H,54,72)(H,55,78)(H,56,75)(H,57,74)(H,58,79)(H,59,76)(H,60,73)(H,61,77)(H,81,82)/t21-,22+,23+,24+,26-,27-,28-,29-,30-,31-,32+,33-,34-,35-,36+,37-,38+,49-/m0/s1. The fourth-order valence-electron chi connectivity index (χ4n) is 8.83. The lowest BCUT2D eigenvalue weighted by molar-refractivity contribution is -0.281. The van der Waals surface area contributed by atoms with Gasteiger partial charge < -0.3 is 125 Å². The van der Waals surface area contributed by atoms with E-state index in [1.54, 1.807) is 0 Å². The van der Waals surface area contributed by atoms with Gasteiger partial charge in [0, 0.05) is 13.5 Å². The first-order chi connectivity index (χ1) is 39.5. The molecule has 24 N–H and O–H groups in total. The molecule has 35 heteroatoms. The second-order valence-corrected chi connectivity index (χ2v) is 20.5. The third-order valence-electron chi connectivity index (χ3n) is 13.6. The lowest BCUT2D eigenvalue weighted by Gasteiger charge is -2.43. The number of ether oxygens (including phenoxy) is 2. The molecule has 0 aromatic rings. The number of amides is 10. The summed E-state index contributed by atoms with van der Waals surface area (Å²) in [6.07, 6.45) is -10.2. The maximum absolute atomic E-state index is 14.2. The highest BCUT2D eigenvalue weighted by atomic mass is 16.7. The average molecular weight is 1210 g/mol. The van der Waals surface area contributed by atoms with Crippen molar-refractivity contribution in [1.82, 2.24) is 52.8 Å². The van der Waals surface area contributed by atoms with Crippen molar-refractivity contribution in [2.75, 3.05) is 46.1 Å². The summed E-state index contributed by atoms with van der Waals surface area (Å²) in [6.45, 7) is 1.77. The summed E-state index contributed by atoms with van der Waals surface area (Å²) < 4.78 is 11.5. The number of hydrogen-bond donors (Lipinski definition) is 21. The molecule has 84 heavy (non-hydrogen) atoms. The van der Waals surface area contributed by atoms with E-state index < -0.39 is 201 Å². The summed E-state index contributed by atoms with van der Waals surface area (Å²) in [6, 6.07) is -18.3. The minimum Gasteiger partial charge on any atom is -0.480 e. The lowest BCUT2D eigenvalue weighted by atomic mass is 9.96. The topological polar surface area (TPSA) is 578 Å². The van der Waals surface area contributed by atoms with E-state index >= 15 is 0 Å². The van der Waals surface area contributed by atoms with Crippen LogP contribution in [0.2, 0.25) is 0 Å². The van der Waals surface area contributed by atoms with Gasteiger partial charge in [-0.2, -0.15) is 0 Å². The summed E-state index contributed by atoms with van der Waals surface area (Å²) >= 11 is 0. The fraction of sp³-hybridized carbons (Fsp3) is 0.776. The predicted octanol–water partition coefficient (Wildman–Crippen LogP) is -11.4. The molecule has 0 bridgehead atoms. The zero-order valence-electron chi connectivity index (χ0n) is 47.5. The molecule has 0 aromatic heterocycles. The highest BCUT2D eigenvalue weighted by molar-refractivity contribution is 5.99. The maximum atomic E-state index is 14.2. The predicted molar refractivity (Wildman–Crippen MR) is 288 cm³/mol. The molecule has 2 rings (SSSR count). The van der Waals surface area contributed by atoms with Crippen molar-refractivity contribution in [2.24, 2.45) is 17.2 Å². The van der Waals surface area contributed by atoms with Crippen molar-refractivity contribution in [2.45, 2.75) is 195 Å². The Balaban J connectivity index is 2.35. The molecule has 480 valence electrons. The number of nitrogens with zero attached hydrogens (tertiary/aromatic N) is 1. The van der Waals surface area contributed by atoms with Crippen molar-refractivity contribution in [1.29, 1.82) is 0 Å². The number of nitrogens with one attached hydrogen (secondary N) is 9. The van der Waals surface area contributed by atoms with Crippen LogP contribution in [0.1, 0.15) is 86.0 Å². The summed E-state index contributed by atoms with van der Waals surface area (Å²) in [5, 5.41) is 112. The van der Waals surface area contributed by atoms with E-state index in [2.05, 4.69) is 42.5 Å². The van der Waals surface area contributed by atoms with E-state index in [1.807, 2.05) is 5.32 Å². The smallest absolute Gasteiger partial charge is 0.328 e. The van der Waals surface area contributed by atoms with Crippen molar-refractivity contribution in [3.8, 4) is 0 Å².